The molecule has 0 saturated carbocycles. The third-order valence-corrected chi connectivity index (χ3v) is 18.3. The Labute approximate surface area is 514 Å². The van der Waals surface area contributed by atoms with Crippen molar-refractivity contribution in [2.75, 3.05) is 37.4 Å². The van der Waals surface area contributed by atoms with Crippen LogP contribution < -0.4 is 20.1 Å². The Morgan fingerprint density at radius 1 is 0.693 bits per heavy atom. The Morgan fingerprint density at radius 3 is 1.88 bits per heavy atom. The predicted molar refractivity (Wildman–Crippen MR) is 331 cm³/mol. The first-order valence-corrected chi connectivity index (χ1v) is 32.6. The highest BCUT2D eigenvalue weighted by Crippen LogP contribution is 2.44. The summed E-state index contributed by atoms with van der Waals surface area (Å²) in [5.41, 5.74) is 7.49. The quantitative estimate of drug-likeness (QED) is 0.00650. The summed E-state index contributed by atoms with van der Waals surface area (Å²) in [6, 6.07) is 28.1. The summed E-state index contributed by atoms with van der Waals surface area (Å²) in [7, 11) is -11.6. The first-order valence-electron chi connectivity index (χ1n) is 28.6. The lowest BCUT2D eigenvalue weighted by Crippen LogP contribution is -2.33. The Morgan fingerprint density at radius 2 is 1.28 bits per heavy atom. The van der Waals surface area contributed by atoms with Gasteiger partial charge in [0.25, 0.3) is 20.0 Å². The number of anilines is 2. The molecule has 0 aromatic heterocycles. The SMILES string of the molecule is C=CC(=O)OCCNC(=O)OCC(CSc1c(F)c(F)c(S(=O)(=O)NS(=O)(=O)c2ccccc2-c2c3ccc(=Nc4c(CC(C)C)cccc4CC(C)C)cc-3oc3cc(Nc4c(CC(C)C)cccc4CC(C)C)ccc23)c(F)c1F)OCCC(=O)O. The summed E-state index contributed by atoms with van der Waals surface area (Å²) in [5.74, 6) is -10.6. The number of hydrogen-bond donors (Lipinski definition) is 4. The topological polar surface area (TPSA) is 229 Å². The number of sulfonamides is 2. The fourth-order valence-corrected chi connectivity index (χ4v) is 14.1. The number of ether oxygens (including phenoxy) is 3. The van der Waals surface area contributed by atoms with Crippen molar-refractivity contribution in [3.05, 3.63) is 161 Å². The molecule has 5 aromatic carbocycles. The summed E-state index contributed by atoms with van der Waals surface area (Å²) in [5, 5.41) is 15.9. The normalized spacial score (nSPS) is 12.6. The number of alkyl carbamates (subject to hydrolysis) is 1. The average molecular weight is 1270 g/mol. The second-order valence-corrected chi connectivity index (χ2v) is 27.3. The molecule has 23 heteroatoms. The van der Waals surface area contributed by atoms with Crippen LogP contribution in [0, 0.1) is 46.9 Å². The van der Waals surface area contributed by atoms with E-state index in [1.807, 2.05) is 12.1 Å². The maximum absolute atomic E-state index is 16.2. The Balaban J connectivity index is 1.30. The van der Waals surface area contributed by atoms with Gasteiger partial charge < -0.3 is 34.4 Å². The van der Waals surface area contributed by atoms with Crippen LogP contribution in [-0.2, 0) is 69.5 Å². The van der Waals surface area contributed by atoms with E-state index in [1.165, 1.54) is 22.3 Å². The van der Waals surface area contributed by atoms with Crippen LogP contribution in [0.15, 0.2) is 134 Å². The van der Waals surface area contributed by atoms with Crippen LogP contribution in [0.1, 0.15) is 84.1 Å². The van der Waals surface area contributed by atoms with Crippen LogP contribution in [0.2, 0.25) is 0 Å². The lowest BCUT2D eigenvalue weighted by Gasteiger charge is -2.21. The molecule has 1 heterocycles. The highest BCUT2D eigenvalue weighted by molar-refractivity contribution is 8.04. The molecule has 0 radical (unpaired) electrons. The largest absolute Gasteiger partial charge is 0.481 e. The smallest absolute Gasteiger partial charge is 0.407 e. The van der Waals surface area contributed by atoms with Crippen LogP contribution in [0.4, 0.5) is 39.4 Å². The van der Waals surface area contributed by atoms with E-state index in [1.54, 1.807) is 36.4 Å². The monoisotopic (exact) mass is 1270 g/mol. The lowest BCUT2D eigenvalue weighted by molar-refractivity contribution is -0.139. The van der Waals surface area contributed by atoms with Gasteiger partial charge in [-0.3, -0.25) is 4.79 Å². The van der Waals surface area contributed by atoms with Gasteiger partial charge in [-0.1, -0.05) is 117 Å². The molecule has 1 atom stereocenters. The van der Waals surface area contributed by atoms with Gasteiger partial charge in [-0.05, 0) is 102 Å². The number of thioether (sulfide) groups is 1. The van der Waals surface area contributed by atoms with Gasteiger partial charge in [0.1, 0.15) is 30.7 Å². The molecular weight excluding hydrogens is 1200 g/mol. The maximum Gasteiger partial charge on any atom is 0.407 e. The minimum Gasteiger partial charge on any atom is -0.481 e. The van der Waals surface area contributed by atoms with E-state index in [-0.39, 0.29) is 47.4 Å². The van der Waals surface area contributed by atoms with E-state index >= 15 is 17.6 Å². The number of fused-ring (bicyclic) bond motifs is 2. The standard InChI is InChI=1S/C65H72F4N4O12S3/c1-10-55(76)83-28-26-70-65(77)84-35-47(82-27-25-54(74)75)36-86-63-57(66)59(68)64(60(69)58(63)67)88(80,81)73-87(78,79)53-20-12-11-19-50(53)56-48-23-21-45(71-61-41(29-37(2)3)15-13-16-42(61)30-38(4)5)33-51(48)85-52-34-46(22-24-49(52)56)72-62-43(31-39(6)7)17-14-18-44(62)32-40(8)9/h10-24,33-34,37-40,47,71,73H,1,25-32,35-36H2,2-9H3,(H,70,77)(H,74,75). The van der Waals surface area contributed by atoms with Gasteiger partial charge in [0.15, 0.2) is 28.2 Å². The first-order chi connectivity index (χ1) is 41.7. The molecule has 5 aromatic rings. The zero-order valence-electron chi connectivity index (χ0n) is 50.1. The minimum atomic E-state index is -6.07. The molecular formula is C65H72F4N4O12S3. The molecule has 1 unspecified atom stereocenters. The van der Waals surface area contributed by atoms with Gasteiger partial charge in [-0.15, -0.1) is 15.9 Å². The minimum absolute atomic E-state index is 0.0583. The molecule has 1 amide bonds. The number of nitrogens with one attached hydrogen (secondary N) is 3. The fraction of sp³-hybridized carbons (Fsp3) is 0.354. The maximum atomic E-state index is 16.2. The Kier molecular flexibility index (Phi) is 23.2. The van der Waals surface area contributed by atoms with Gasteiger partial charge >= 0.3 is 18.0 Å². The zero-order valence-corrected chi connectivity index (χ0v) is 52.6. The van der Waals surface area contributed by atoms with Crippen molar-refractivity contribution in [1.82, 2.24) is 9.44 Å². The van der Waals surface area contributed by atoms with Gasteiger partial charge in [0.05, 0.1) is 40.4 Å². The van der Waals surface area contributed by atoms with Crippen molar-refractivity contribution in [3.63, 3.8) is 0 Å². The van der Waals surface area contributed by atoms with Gasteiger partial charge in [0, 0.05) is 57.4 Å². The molecule has 0 spiro atoms. The van der Waals surface area contributed by atoms with E-state index in [2.05, 4.69) is 96.9 Å². The second-order valence-electron chi connectivity index (χ2n) is 22.7. The third kappa shape index (κ3) is 17.4. The van der Waals surface area contributed by atoms with Crippen molar-refractivity contribution in [2.24, 2.45) is 28.7 Å². The van der Waals surface area contributed by atoms with Crippen molar-refractivity contribution in [1.29, 1.82) is 0 Å². The Hall–Kier alpha value is -7.57. The highest BCUT2D eigenvalue weighted by atomic mass is 32.3. The van der Waals surface area contributed by atoms with Crippen LogP contribution in [0.3, 0.4) is 0 Å². The number of aliphatic carboxylic acids is 1. The highest BCUT2D eigenvalue weighted by Gasteiger charge is 2.38. The van der Waals surface area contributed by atoms with Crippen molar-refractivity contribution in [2.45, 2.75) is 108 Å². The number of amides is 1. The molecule has 0 fully saturated rings. The van der Waals surface area contributed by atoms with Crippen molar-refractivity contribution in [3.8, 4) is 22.5 Å². The van der Waals surface area contributed by atoms with E-state index < -0.39 is 108 Å². The van der Waals surface area contributed by atoms with Crippen molar-refractivity contribution >= 4 is 77.9 Å². The second kappa shape index (κ2) is 30.1. The van der Waals surface area contributed by atoms with Crippen LogP contribution in [-0.4, -0.2) is 78.2 Å². The average Bonchev–Trinajstić information content (AvgIpc) is 2.51. The van der Waals surface area contributed by atoms with Gasteiger partial charge in [-0.25, -0.2) is 49.0 Å². The Bertz CT molecular complexity index is 3900. The molecule has 1 aliphatic heterocycles. The molecule has 4 N–H and O–H groups in total. The fourth-order valence-electron chi connectivity index (χ4n) is 9.93. The van der Waals surface area contributed by atoms with E-state index in [4.69, 9.17) is 28.7 Å². The van der Waals surface area contributed by atoms with E-state index in [9.17, 15) is 31.2 Å². The summed E-state index contributed by atoms with van der Waals surface area (Å²) >= 11 is 0.0583. The number of benzene rings is 6. The third-order valence-electron chi connectivity index (χ3n) is 13.6. The summed E-state index contributed by atoms with van der Waals surface area (Å²) in [4.78, 5) is 35.6. The van der Waals surface area contributed by atoms with Crippen LogP contribution in [0.25, 0.3) is 33.4 Å². The number of rotatable bonds is 29. The molecule has 0 bridgehead atoms. The van der Waals surface area contributed by atoms with Crippen LogP contribution in [0.5, 0.6) is 0 Å². The number of carboxylic acid groups (broad SMARTS) is 1. The summed E-state index contributed by atoms with van der Waals surface area (Å²) in [6.45, 7) is 18.6. The lowest BCUT2D eigenvalue weighted by atomic mass is 9.93. The van der Waals surface area contributed by atoms with Gasteiger partial charge in [0.2, 0.25) is 0 Å². The zero-order chi connectivity index (χ0) is 64.2. The number of nitrogens with zero attached hydrogens (tertiary/aromatic N) is 1. The molecule has 88 heavy (non-hydrogen) atoms. The molecule has 16 nitrogen and oxygen atoms in total. The molecule has 470 valence electrons. The molecule has 2 aliphatic rings. The van der Waals surface area contributed by atoms with Gasteiger partial charge in [-0.2, -0.15) is 0 Å². The number of esters is 1. The number of carbonyl (C=O) groups excluding carboxylic acids is 2. The number of para-hydroxylation sites is 2. The summed E-state index contributed by atoms with van der Waals surface area (Å²) in [6.07, 6.45) is 0.933. The van der Waals surface area contributed by atoms with Crippen LogP contribution >= 0.6 is 11.8 Å². The molecule has 0 saturated heterocycles. The van der Waals surface area contributed by atoms with E-state index in [0.29, 0.717) is 45.7 Å². The molecule has 7 rings (SSSR count). The number of carbonyl (C=O) groups is 3. The molecule has 1 aliphatic carbocycles. The van der Waals surface area contributed by atoms with Crippen molar-refractivity contribution < 1.29 is 72.5 Å². The number of hydrogen-bond acceptors (Lipinski definition) is 14. The predicted octanol–water partition coefficient (Wildman–Crippen LogP) is 13.6. The summed E-state index contributed by atoms with van der Waals surface area (Å²) < 4.78 is 145. The number of halogens is 4. The number of carboxylic acids is 1. The first kappa shape index (κ1) is 67.9. The van der Waals surface area contributed by atoms with E-state index in [0.717, 1.165) is 71.5 Å².